The molecule has 0 saturated heterocycles. The van der Waals surface area contributed by atoms with Crippen LogP contribution in [0.5, 0.6) is 17.2 Å². The van der Waals surface area contributed by atoms with E-state index in [1.165, 1.54) is 11.3 Å². The second-order valence-electron chi connectivity index (χ2n) is 9.23. The van der Waals surface area contributed by atoms with Crippen LogP contribution in [0.15, 0.2) is 82.1 Å². The van der Waals surface area contributed by atoms with Gasteiger partial charge in [0.15, 0.2) is 16.3 Å². The first kappa shape index (κ1) is 30.1. The number of nitrogens with zero attached hydrogens (tertiary/aromatic N) is 2. The summed E-state index contributed by atoms with van der Waals surface area (Å²) in [5.74, 6) is 3.60. The molecule has 0 spiro atoms. The number of hydrogen-bond donors (Lipinski definition) is 0. The summed E-state index contributed by atoms with van der Waals surface area (Å²) in [6, 6.07) is 19.6. The van der Waals surface area contributed by atoms with Gasteiger partial charge in [0.25, 0.3) is 5.56 Å². The van der Waals surface area contributed by atoms with Crippen molar-refractivity contribution in [1.82, 2.24) is 4.57 Å². The highest BCUT2D eigenvalue weighted by Crippen LogP contribution is 2.36. The number of esters is 1. The molecular formula is C33H27IN2O6S. The van der Waals surface area contributed by atoms with Crippen molar-refractivity contribution in [2.45, 2.75) is 13.0 Å². The quantitative estimate of drug-likeness (QED) is 0.144. The second-order valence-corrected chi connectivity index (χ2v) is 11.4. The van der Waals surface area contributed by atoms with E-state index in [1.54, 1.807) is 50.0 Å². The fraction of sp³-hybridized carbons (Fsp3) is 0.182. The van der Waals surface area contributed by atoms with Crippen LogP contribution in [0.1, 0.15) is 29.7 Å². The number of benzene rings is 3. The minimum absolute atomic E-state index is 0.0994. The molecule has 3 aromatic carbocycles. The van der Waals surface area contributed by atoms with Crippen LogP contribution in [-0.2, 0) is 9.53 Å². The molecule has 1 aliphatic heterocycles. The summed E-state index contributed by atoms with van der Waals surface area (Å²) < 4.78 is 24.9. The standard InChI is InChI=1S/C33H27IN2O6S/c1-5-16-42-30-24(34)17-20(18-25(30)40-4)19-26-31(37)36-29(22-12-14-23(39-3)15-13-22)27(32(38)41-6-2)28(35-33(36)43-26)21-10-8-7-9-11-21/h1,7-15,17-19,29H,6,16H2,2-4H3/b26-19-/t29-/m1/s1. The molecule has 0 N–H and O–H groups in total. The van der Waals surface area contributed by atoms with Gasteiger partial charge in [-0.05, 0) is 71.0 Å². The minimum Gasteiger partial charge on any atom is -0.497 e. The molecule has 0 amide bonds. The Bertz CT molecular complexity index is 1920. The molecule has 43 heavy (non-hydrogen) atoms. The number of halogens is 1. The van der Waals surface area contributed by atoms with Gasteiger partial charge in [-0.1, -0.05) is 59.7 Å². The van der Waals surface area contributed by atoms with E-state index in [0.29, 0.717) is 37.8 Å². The maximum Gasteiger partial charge on any atom is 0.338 e. The van der Waals surface area contributed by atoms with Crippen LogP contribution < -0.4 is 29.1 Å². The van der Waals surface area contributed by atoms with Crippen LogP contribution in [0, 0.1) is 15.9 Å². The number of carbonyl (C=O) groups excluding carboxylic acids is 1. The number of rotatable bonds is 9. The highest BCUT2D eigenvalue weighted by Gasteiger charge is 2.35. The predicted octanol–water partition coefficient (Wildman–Crippen LogP) is 4.57. The van der Waals surface area contributed by atoms with E-state index in [1.807, 2.05) is 48.5 Å². The molecule has 0 unspecified atom stereocenters. The van der Waals surface area contributed by atoms with E-state index in [0.717, 1.165) is 14.7 Å². The molecule has 4 aromatic rings. The van der Waals surface area contributed by atoms with Crippen molar-refractivity contribution in [3.63, 3.8) is 0 Å². The van der Waals surface area contributed by atoms with Crippen molar-refractivity contribution in [1.29, 1.82) is 0 Å². The average molecular weight is 707 g/mol. The van der Waals surface area contributed by atoms with Crippen molar-refractivity contribution in [3.8, 4) is 29.6 Å². The number of fused-ring (bicyclic) bond motifs is 1. The van der Waals surface area contributed by atoms with Gasteiger partial charge in [-0.15, -0.1) is 6.42 Å². The Kier molecular flexibility index (Phi) is 9.33. The Morgan fingerprint density at radius 2 is 1.86 bits per heavy atom. The molecule has 1 atom stereocenters. The van der Waals surface area contributed by atoms with Crippen LogP contribution in [-0.4, -0.2) is 38.0 Å². The molecule has 5 rings (SSSR count). The Hall–Kier alpha value is -4.34. The topological polar surface area (TPSA) is 88.4 Å². The van der Waals surface area contributed by atoms with Gasteiger partial charge in [-0.3, -0.25) is 9.36 Å². The van der Waals surface area contributed by atoms with Crippen LogP contribution in [0.2, 0.25) is 0 Å². The lowest BCUT2D eigenvalue weighted by atomic mass is 9.93. The summed E-state index contributed by atoms with van der Waals surface area (Å²) in [7, 11) is 3.13. The Balaban J connectivity index is 1.77. The molecule has 1 aliphatic rings. The number of hydrogen-bond acceptors (Lipinski definition) is 8. The zero-order valence-corrected chi connectivity index (χ0v) is 26.6. The fourth-order valence-corrected chi connectivity index (χ4v) is 6.55. The maximum atomic E-state index is 14.1. The third-order valence-electron chi connectivity index (χ3n) is 6.65. The molecule has 2 heterocycles. The molecular weight excluding hydrogens is 679 g/mol. The first-order valence-corrected chi connectivity index (χ1v) is 15.2. The van der Waals surface area contributed by atoms with E-state index in [2.05, 4.69) is 28.5 Å². The largest absolute Gasteiger partial charge is 0.497 e. The third-order valence-corrected chi connectivity index (χ3v) is 8.44. The summed E-state index contributed by atoms with van der Waals surface area (Å²) in [5.41, 5.74) is 2.63. The minimum atomic E-state index is -0.784. The Labute approximate surface area is 266 Å². The van der Waals surface area contributed by atoms with Gasteiger partial charge >= 0.3 is 5.97 Å². The van der Waals surface area contributed by atoms with Crippen molar-refractivity contribution in [2.24, 2.45) is 4.99 Å². The summed E-state index contributed by atoms with van der Waals surface area (Å²) in [6.45, 7) is 2.02. The van der Waals surface area contributed by atoms with Crippen LogP contribution >= 0.6 is 33.9 Å². The molecule has 8 nitrogen and oxygen atoms in total. The maximum absolute atomic E-state index is 14.1. The Morgan fingerprint density at radius 1 is 1.12 bits per heavy atom. The van der Waals surface area contributed by atoms with E-state index < -0.39 is 12.0 Å². The Morgan fingerprint density at radius 3 is 2.51 bits per heavy atom. The number of terminal acetylenes is 1. The van der Waals surface area contributed by atoms with Crippen LogP contribution in [0.25, 0.3) is 11.8 Å². The SMILES string of the molecule is C#CCOc1c(I)cc(/C=c2\sc3n(c2=O)[C@H](c2ccc(OC)cc2)C(C(=O)OCC)=C(c2ccccc2)N=3)cc1OC. The monoisotopic (exact) mass is 706 g/mol. The van der Waals surface area contributed by atoms with Crippen molar-refractivity contribution in [3.05, 3.63) is 112 Å². The van der Waals surface area contributed by atoms with Gasteiger partial charge < -0.3 is 18.9 Å². The van der Waals surface area contributed by atoms with Crippen LogP contribution in [0.4, 0.5) is 0 Å². The zero-order valence-electron chi connectivity index (χ0n) is 23.6. The van der Waals surface area contributed by atoms with E-state index in [9.17, 15) is 9.59 Å². The summed E-state index contributed by atoms with van der Waals surface area (Å²) in [6.07, 6.45) is 7.15. The molecule has 0 radical (unpaired) electrons. The van der Waals surface area contributed by atoms with Gasteiger partial charge in [0.05, 0.1) is 46.2 Å². The first-order chi connectivity index (χ1) is 20.9. The normalized spacial score (nSPS) is 14.4. The molecule has 218 valence electrons. The lowest BCUT2D eigenvalue weighted by Crippen LogP contribution is -2.40. The number of carbonyl (C=O) groups is 1. The van der Waals surface area contributed by atoms with Crippen molar-refractivity contribution in [2.75, 3.05) is 27.4 Å². The lowest BCUT2D eigenvalue weighted by Gasteiger charge is -2.26. The zero-order chi connectivity index (χ0) is 30.5. The molecule has 1 aromatic heterocycles. The van der Waals surface area contributed by atoms with E-state index in [-0.39, 0.29) is 24.3 Å². The average Bonchev–Trinajstić information content (AvgIpc) is 3.34. The highest BCUT2D eigenvalue weighted by molar-refractivity contribution is 14.1. The number of aromatic nitrogens is 1. The van der Waals surface area contributed by atoms with Gasteiger partial charge in [0.2, 0.25) is 0 Å². The lowest BCUT2D eigenvalue weighted by molar-refractivity contribution is -0.138. The molecule has 10 heteroatoms. The van der Waals surface area contributed by atoms with Crippen LogP contribution in [0.3, 0.4) is 0 Å². The van der Waals surface area contributed by atoms with Crippen molar-refractivity contribution >= 4 is 51.7 Å². The fourth-order valence-electron chi connectivity index (χ4n) is 4.77. The van der Waals surface area contributed by atoms with Gasteiger partial charge in [-0.25, -0.2) is 9.79 Å². The van der Waals surface area contributed by atoms with E-state index in [4.69, 9.17) is 30.4 Å². The number of methoxy groups -OCH3 is 2. The highest BCUT2D eigenvalue weighted by atomic mass is 127. The van der Waals surface area contributed by atoms with Gasteiger partial charge in [-0.2, -0.15) is 0 Å². The number of ether oxygens (including phenoxy) is 4. The smallest absolute Gasteiger partial charge is 0.338 e. The number of thiazole rings is 1. The second kappa shape index (κ2) is 13.3. The van der Waals surface area contributed by atoms with Crippen molar-refractivity contribution < 1.29 is 23.7 Å². The van der Waals surface area contributed by atoms with Gasteiger partial charge in [0, 0.05) is 5.56 Å². The van der Waals surface area contributed by atoms with E-state index >= 15 is 0 Å². The summed E-state index contributed by atoms with van der Waals surface area (Å²) in [4.78, 5) is 33.1. The summed E-state index contributed by atoms with van der Waals surface area (Å²) >= 11 is 3.39. The first-order valence-electron chi connectivity index (χ1n) is 13.3. The molecule has 0 saturated carbocycles. The molecule has 0 bridgehead atoms. The predicted molar refractivity (Wildman–Crippen MR) is 174 cm³/mol. The summed E-state index contributed by atoms with van der Waals surface area (Å²) in [5, 5.41) is 0. The molecule has 0 fully saturated rings. The molecule has 0 aliphatic carbocycles. The third kappa shape index (κ3) is 6.09. The van der Waals surface area contributed by atoms with Gasteiger partial charge in [0.1, 0.15) is 12.4 Å².